The van der Waals surface area contributed by atoms with Crippen LogP contribution in [0.2, 0.25) is 0 Å². The quantitative estimate of drug-likeness (QED) is 0.717. The molecule has 0 amide bonds. The maximum Gasteiger partial charge on any atom is 0.330 e. The first-order valence-electron chi connectivity index (χ1n) is 10.6. The van der Waals surface area contributed by atoms with E-state index in [1.54, 1.807) is 4.57 Å². The van der Waals surface area contributed by atoms with Crippen LogP contribution in [0.1, 0.15) is 58.2 Å². The van der Waals surface area contributed by atoms with Crippen LogP contribution in [0.15, 0.2) is 9.59 Å². The number of nitrogens with zero attached hydrogens (tertiary/aromatic N) is 3. The Bertz CT molecular complexity index is 947. The van der Waals surface area contributed by atoms with Gasteiger partial charge in [0.15, 0.2) is 11.2 Å². The minimum atomic E-state index is -0.370. The molecule has 0 atom stereocenters. The summed E-state index contributed by atoms with van der Waals surface area (Å²) in [4.78, 5) is 32.1. The van der Waals surface area contributed by atoms with Crippen LogP contribution in [0.4, 0.5) is 0 Å². The molecule has 2 aromatic heterocycles. The van der Waals surface area contributed by atoms with Gasteiger partial charge in [-0.05, 0) is 44.9 Å². The first kappa shape index (κ1) is 19.4. The molecule has 1 saturated carbocycles. The van der Waals surface area contributed by atoms with Crippen LogP contribution < -0.4 is 16.6 Å². The highest BCUT2D eigenvalue weighted by atomic mass is 16.5. The van der Waals surface area contributed by atoms with Crippen LogP contribution in [0.25, 0.3) is 11.2 Å². The third-order valence-electron chi connectivity index (χ3n) is 6.36. The molecular weight excluding hydrogens is 358 g/mol. The smallest absolute Gasteiger partial charge is 0.330 e. The van der Waals surface area contributed by atoms with Crippen LogP contribution in [0.3, 0.4) is 0 Å². The molecule has 0 spiro atoms. The molecule has 0 bridgehead atoms. The highest BCUT2D eigenvalue weighted by molar-refractivity contribution is 5.71. The van der Waals surface area contributed by atoms with Crippen LogP contribution in [0, 0.1) is 5.92 Å². The maximum atomic E-state index is 12.5. The van der Waals surface area contributed by atoms with Gasteiger partial charge in [0.05, 0.1) is 6.54 Å². The monoisotopic (exact) mass is 389 g/mol. The number of unbranched alkanes of at least 4 members (excludes halogenated alkanes) is 1. The topological polar surface area (TPSA) is 93.9 Å². The Hall–Kier alpha value is -1.93. The Morgan fingerprint density at radius 3 is 2.61 bits per heavy atom. The summed E-state index contributed by atoms with van der Waals surface area (Å²) < 4.78 is 9.14. The number of H-pyrrole nitrogens is 1. The van der Waals surface area contributed by atoms with Gasteiger partial charge in [0.25, 0.3) is 5.56 Å². The van der Waals surface area contributed by atoms with Crippen LogP contribution in [0.5, 0.6) is 0 Å². The zero-order chi connectivity index (χ0) is 19.7. The minimum absolute atomic E-state index is 0.114. The zero-order valence-corrected chi connectivity index (χ0v) is 16.9. The third-order valence-corrected chi connectivity index (χ3v) is 6.36. The minimum Gasteiger partial charge on any atom is -0.381 e. The van der Waals surface area contributed by atoms with Gasteiger partial charge >= 0.3 is 5.69 Å². The fourth-order valence-electron chi connectivity index (χ4n) is 4.57. The van der Waals surface area contributed by atoms with Crippen molar-refractivity contribution in [2.45, 2.75) is 77.5 Å². The molecule has 3 heterocycles. The summed E-state index contributed by atoms with van der Waals surface area (Å²) in [6, 6.07) is 0. The summed E-state index contributed by atoms with van der Waals surface area (Å²) in [6.45, 7) is 7.49. The van der Waals surface area contributed by atoms with E-state index in [4.69, 9.17) is 9.72 Å². The number of fused-ring (bicyclic) bond motifs is 1. The zero-order valence-electron chi connectivity index (χ0n) is 16.9. The van der Waals surface area contributed by atoms with Crippen LogP contribution in [-0.4, -0.2) is 37.9 Å². The molecule has 8 heteroatoms. The summed E-state index contributed by atoms with van der Waals surface area (Å²) in [5, 5.41) is 3.78. The van der Waals surface area contributed by atoms with Crippen molar-refractivity contribution in [2.75, 3.05) is 13.2 Å². The Morgan fingerprint density at radius 1 is 1.21 bits per heavy atom. The summed E-state index contributed by atoms with van der Waals surface area (Å²) >= 11 is 0. The number of aryl methyl sites for hydroxylation is 2. The number of aromatic nitrogens is 4. The lowest BCUT2D eigenvalue weighted by Gasteiger charge is -2.38. The number of ether oxygens (including phenoxy) is 1. The molecule has 2 fully saturated rings. The normalized spacial score (nSPS) is 19.4. The number of aromatic amines is 1. The van der Waals surface area contributed by atoms with Crippen molar-refractivity contribution in [1.29, 1.82) is 0 Å². The Morgan fingerprint density at radius 2 is 1.96 bits per heavy atom. The van der Waals surface area contributed by atoms with E-state index in [1.807, 2.05) is 11.5 Å². The number of nitrogens with one attached hydrogen (secondary N) is 2. The number of rotatable bonds is 8. The standard InChI is InChI=1S/C20H31N5O3/c1-3-5-10-25-17-16(18(26)23-19(25)27)24(4-2)15(22-17)13-21-20(14-6-7-14)8-11-28-12-9-20/h14,21H,3-13H2,1-2H3,(H,23,26,27). The molecule has 154 valence electrons. The fraction of sp³-hybridized carbons (Fsp3) is 0.750. The van der Waals surface area contributed by atoms with Crippen molar-refractivity contribution in [2.24, 2.45) is 5.92 Å². The van der Waals surface area contributed by atoms with Gasteiger partial charge in [-0.2, -0.15) is 0 Å². The molecule has 2 aliphatic rings. The van der Waals surface area contributed by atoms with Gasteiger partial charge in [0.1, 0.15) is 5.82 Å². The second-order valence-electron chi connectivity index (χ2n) is 8.11. The molecule has 1 saturated heterocycles. The summed E-state index contributed by atoms with van der Waals surface area (Å²) in [5.41, 5.74) is 0.403. The van der Waals surface area contributed by atoms with Crippen LogP contribution >= 0.6 is 0 Å². The van der Waals surface area contributed by atoms with E-state index in [1.165, 1.54) is 12.8 Å². The Balaban J connectivity index is 1.69. The van der Waals surface area contributed by atoms with Gasteiger partial charge < -0.3 is 14.6 Å². The molecular formula is C20H31N5O3. The second-order valence-corrected chi connectivity index (χ2v) is 8.11. The number of hydrogen-bond donors (Lipinski definition) is 2. The summed E-state index contributed by atoms with van der Waals surface area (Å²) in [7, 11) is 0. The van der Waals surface area contributed by atoms with Gasteiger partial charge in [0.2, 0.25) is 0 Å². The molecule has 4 rings (SSSR count). The highest BCUT2D eigenvalue weighted by Crippen LogP contribution is 2.45. The fourth-order valence-corrected chi connectivity index (χ4v) is 4.57. The van der Waals surface area contributed by atoms with Crippen molar-refractivity contribution in [1.82, 2.24) is 24.4 Å². The molecule has 2 aromatic rings. The average Bonchev–Trinajstić information content (AvgIpc) is 3.49. The molecule has 8 nitrogen and oxygen atoms in total. The molecule has 1 aliphatic heterocycles. The predicted molar refractivity (Wildman–Crippen MR) is 108 cm³/mol. The van der Waals surface area contributed by atoms with Gasteiger partial charge in [-0.1, -0.05) is 13.3 Å². The van der Waals surface area contributed by atoms with Gasteiger partial charge in [-0.25, -0.2) is 9.78 Å². The lowest BCUT2D eigenvalue weighted by molar-refractivity contribution is 0.0275. The number of hydrogen-bond acceptors (Lipinski definition) is 5. The van der Waals surface area contributed by atoms with Gasteiger partial charge in [0, 0.05) is 31.8 Å². The van der Waals surface area contributed by atoms with E-state index >= 15 is 0 Å². The SMILES string of the molecule is CCCCn1c(=O)[nH]c(=O)c2c1nc(CNC1(C3CC3)CCOCC1)n2CC. The maximum absolute atomic E-state index is 12.5. The van der Waals surface area contributed by atoms with Gasteiger partial charge in [-0.15, -0.1) is 0 Å². The number of imidazole rings is 1. The molecule has 0 aromatic carbocycles. The molecule has 1 aliphatic carbocycles. The van der Waals surface area contributed by atoms with E-state index in [2.05, 4.69) is 17.2 Å². The predicted octanol–water partition coefficient (Wildman–Crippen LogP) is 1.76. The molecule has 2 N–H and O–H groups in total. The molecule has 0 unspecified atom stereocenters. The van der Waals surface area contributed by atoms with Crippen molar-refractivity contribution in [3.63, 3.8) is 0 Å². The van der Waals surface area contributed by atoms with E-state index in [0.717, 1.165) is 44.7 Å². The van der Waals surface area contributed by atoms with E-state index in [-0.39, 0.29) is 16.8 Å². The van der Waals surface area contributed by atoms with Crippen LogP contribution in [-0.2, 0) is 24.4 Å². The van der Waals surface area contributed by atoms with E-state index in [0.29, 0.717) is 36.7 Å². The Kier molecular flexibility index (Phi) is 5.42. The van der Waals surface area contributed by atoms with E-state index in [9.17, 15) is 9.59 Å². The Labute approximate surface area is 164 Å². The first-order valence-corrected chi connectivity index (χ1v) is 10.6. The summed E-state index contributed by atoms with van der Waals surface area (Å²) in [6.07, 6.45) is 6.43. The van der Waals surface area contributed by atoms with E-state index < -0.39 is 0 Å². The first-order chi connectivity index (χ1) is 13.6. The largest absolute Gasteiger partial charge is 0.381 e. The van der Waals surface area contributed by atoms with Gasteiger partial charge in [-0.3, -0.25) is 14.3 Å². The lowest BCUT2D eigenvalue weighted by Crippen LogP contribution is -2.51. The highest BCUT2D eigenvalue weighted by Gasteiger charge is 2.45. The average molecular weight is 390 g/mol. The van der Waals surface area contributed by atoms with Crippen molar-refractivity contribution in [3.05, 3.63) is 26.7 Å². The molecule has 0 radical (unpaired) electrons. The third kappa shape index (κ3) is 3.43. The lowest BCUT2D eigenvalue weighted by atomic mass is 9.85. The molecule has 28 heavy (non-hydrogen) atoms. The van der Waals surface area contributed by atoms with Crippen molar-refractivity contribution < 1.29 is 4.74 Å². The van der Waals surface area contributed by atoms with Crippen molar-refractivity contribution >= 4 is 11.2 Å². The second kappa shape index (κ2) is 7.83. The van der Waals surface area contributed by atoms with Crippen molar-refractivity contribution in [3.8, 4) is 0 Å². The summed E-state index contributed by atoms with van der Waals surface area (Å²) in [5.74, 6) is 1.53.